The molecule has 5 rings (SSSR count). The van der Waals surface area contributed by atoms with E-state index in [0.29, 0.717) is 5.92 Å². The Hall–Kier alpha value is -3.53. The molecule has 0 spiro atoms. The second kappa shape index (κ2) is 17.5. The van der Waals surface area contributed by atoms with Gasteiger partial charge in [-0.1, -0.05) is 63.1 Å². The quantitative estimate of drug-likeness (QED) is 0.181. The highest BCUT2D eigenvalue weighted by molar-refractivity contribution is 7.86. The average molecular weight is 763 g/mol. The van der Waals surface area contributed by atoms with Crippen LogP contribution in [0.3, 0.4) is 0 Å². The first-order chi connectivity index (χ1) is 24.1. The van der Waals surface area contributed by atoms with Crippen LogP contribution >= 0.6 is 0 Å². The molecule has 3 aromatic carbocycles. The molecule has 4 atom stereocenters. The van der Waals surface area contributed by atoms with Gasteiger partial charge >= 0.3 is 5.97 Å². The number of carbonyl (C=O) groups is 1. The number of methoxy groups -OCH3 is 2. The van der Waals surface area contributed by atoms with Gasteiger partial charge in [-0.3, -0.25) is 18.8 Å². The number of aliphatic carboxylic acids is 1. The Labute approximate surface area is 308 Å². The van der Waals surface area contributed by atoms with Crippen molar-refractivity contribution in [1.82, 2.24) is 4.90 Å². The molecule has 0 bridgehead atoms. The van der Waals surface area contributed by atoms with Gasteiger partial charge in [0.1, 0.15) is 5.54 Å². The molecule has 0 saturated carbocycles. The van der Waals surface area contributed by atoms with E-state index in [9.17, 15) is 26.7 Å². The number of piperidine rings is 1. The standard InChI is InChI=1S/C24H38N2O4.2C7H8O3S/c1-14(2)9-17-13-26-8-7-16-10-21(29-5)22(30-6)11-18(16)20(26)12-19(17)24(25,15(3)4)23(27)28;2*1-6-2-4-7(5-3-6)11(8,9)10/h10-11,14-15,17,19-20H,7-9,12-13,25H2,1-6H3,(H,27,28);2*2-5H,1H3,(H,8,9,10)/t17-,19-,20+,24+;;/m0../s1. The third kappa shape index (κ3) is 10.5. The van der Waals surface area contributed by atoms with Crippen LogP contribution in [0.25, 0.3) is 0 Å². The number of carboxylic acid groups (broad SMARTS) is 1. The summed E-state index contributed by atoms with van der Waals surface area (Å²) in [6.07, 6.45) is 2.70. The molecule has 3 aromatic rings. The smallest absolute Gasteiger partial charge is 0.324 e. The van der Waals surface area contributed by atoms with Crippen LogP contribution < -0.4 is 15.2 Å². The Morgan fingerprint density at radius 3 is 1.71 bits per heavy atom. The molecule has 0 aliphatic carbocycles. The Kier molecular flexibility index (Phi) is 14.5. The van der Waals surface area contributed by atoms with Crippen LogP contribution in [0.5, 0.6) is 11.5 Å². The van der Waals surface area contributed by atoms with Crippen LogP contribution in [0.2, 0.25) is 0 Å². The van der Waals surface area contributed by atoms with E-state index in [2.05, 4.69) is 30.9 Å². The van der Waals surface area contributed by atoms with E-state index in [1.165, 1.54) is 35.4 Å². The fraction of sp³-hybridized carbons (Fsp3) is 0.500. The van der Waals surface area contributed by atoms with Gasteiger partial charge < -0.3 is 20.3 Å². The molecule has 14 heteroatoms. The van der Waals surface area contributed by atoms with Crippen molar-refractivity contribution in [3.63, 3.8) is 0 Å². The van der Waals surface area contributed by atoms with Crippen LogP contribution in [-0.2, 0) is 31.5 Å². The predicted octanol–water partition coefficient (Wildman–Crippen LogP) is 6.21. The van der Waals surface area contributed by atoms with Gasteiger partial charge in [0.05, 0.1) is 24.0 Å². The molecule has 1 fully saturated rings. The van der Waals surface area contributed by atoms with Gasteiger partial charge in [0.25, 0.3) is 20.2 Å². The summed E-state index contributed by atoms with van der Waals surface area (Å²) in [4.78, 5) is 14.8. The summed E-state index contributed by atoms with van der Waals surface area (Å²) in [5.41, 5.74) is 9.87. The van der Waals surface area contributed by atoms with Gasteiger partial charge in [0, 0.05) is 19.1 Å². The zero-order valence-electron chi connectivity index (χ0n) is 31.2. The van der Waals surface area contributed by atoms with Crippen molar-refractivity contribution >= 4 is 26.2 Å². The van der Waals surface area contributed by atoms with Crippen molar-refractivity contribution in [3.05, 3.63) is 82.9 Å². The van der Waals surface area contributed by atoms with Crippen molar-refractivity contribution in [1.29, 1.82) is 0 Å². The Morgan fingerprint density at radius 1 is 0.865 bits per heavy atom. The van der Waals surface area contributed by atoms with Crippen molar-refractivity contribution in [2.24, 2.45) is 29.4 Å². The van der Waals surface area contributed by atoms with E-state index < -0.39 is 31.7 Å². The summed E-state index contributed by atoms with van der Waals surface area (Å²) in [7, 11) is -4.73. The molecule has 2 aliphatic heterocycles. The minimum atomic E-state index is -4.02. The molecule has 52 heavy (non-hydrogen) atoms. The van der Waals surface area contributed by atoms with Gasteiger partial charge in [-0.15, -0.1) is 0 Å². The second-order valence-electron chi connectivity index (χ2n) is 14.4. The van der Waals surface area contributed by atoms with Crippen molar-refractivity contribution in [3.8, 4) is 11.5 Å². The number of aryl methyl sites for hydroxylation is 2. The second-order valence-corrected chi connectivity index (χ2v) is 17.2. The first kappa shape index (κ1) is 42.9. The number of hydrogen-bond donors (Lipinski definition) is 4. The number of rotatable bonds is 9. The predicted molar refractivity (Wildman–Crippen MR) is 200 cm³/mol. The van der Waals surface area contributed by atoms with Gasteiger partial charge in [0.2, 0.25) is 0 Å². The SMILES string of the molecule is COc1cc2c(cc1OC)[C@H]1C[C@H]([C@@](N)(C(=O)O)C(C)C)[C@@H](CC(C)C)CN1CC2.Cc1ccc(S(=O)(=O)O)cc1.Cc1ccc(S(=O)(=O)O)cc1. The van der Waals surface area contributed by atoms with Crippen molar-refractivity contribution in [2.75, 3.05) is 27.3 Å². The maximum absolute atomic E-state index is 12.4. The highest BCUT2D eigenvalue weighted by atomic mass is 32.2. The summed E-state index contributed by atoms with van der Waals surface area (Å²) >= 11 is 0. The van der Waals surface area contributed by atoms with E-state index in [0.717, 1.165) is 55.0 Å². The number of carboxylic acids is 1. The van der Waals surface area contributed by atoms with E-state index in [1.807, 2.05) is 27.7 Å². The fourth-order valence-corrected chi connectivity index (χ4v) is 8.08. The molecule has 0 aromatic heterocycles. The monoisotopic (exact) mass is 762 g/mol. The Morgan fingerprint density at radius 2 is 1.33 bits per heavy atom. The van der Waals surface area contributed by atoms with Gasteiger partial charge in [-0.2, -0.15) is 16.8 Å². The number of hydrogen-bond acceptors (Lipinski definition) is 9. The van der Waals surface area contributed by atoms with Crippen LogP contribution in [0.4, 0.5) is 0 Å². The summed E-state index contributed by atoms with van der Waals surface area (Å²) < 4.78 is 70.2. The normalized spacial score (nSPS) is 19.9. The molecule has 1 saturated heterocycles. The minimum absolute atomic E-state index is 0.0666. The third-order valence-electron chi connectivity index (χ3n) is 9.98. The first-order valence-corrected chi connectivity index (χ1v) is 20.1. The highest BCUT2D eigenvalue weighted by Crippen LogP contribution is 2.49. The number of ether oxygens (including phenoxy) is 2. The molecule has 288 valence electrons. The maximum atomic E-state index is 12.4. The number of fused-ring (bicyclic) bond motifs is 3. The van der Waals surface area contributed by atoms with Crippen LogP contribution in [0.15, 0.2) is 70.5 Å². The summed E-state index contributed by atoms with van der Waals surface area (Å²) in [5, 5.41) is 10.2. The molecule has 0 amide bonds. The lowest BCUT2D eigenvalue weighted by Gasteiger charge is -2.52. The minimum Gasteiger partial charge on any atom is -0.493 e. The van der Waals surface area contributed by atoms with Gasteiger partial charge in [-0.05, 0) is 104 Å². The summed E-state index contributed by atoms with van der Waals surface area (Å²) in [6.45, 7) is 13.8. The average Bonchev–Trinajstić information content (AvgIpc) is 3.06. The van der Waals surface area contributed by atoms with Crippen LogP contribution in [0, 0.1) is 37.5 Å². The zero-order chi connectivity index (χ0) is 39.2. The number of nitrogens with two attached hydrogens (primary N) is 1. The van der Waals surface area contributed by atoms with Crippen LogP contribution in [-0.4, -0.2) is 74.8 Å². The van der Waals surface area contributed by atoms with E-state index in [-0.39, 0.29) is 33.6 Å². The first-order valence-electron chi connectivity index (χ1n) is 17.2. The topological polar surface area (TPSA) is 194 Å². The highest BCUT2D eigenvalue weighted by Gasteiger charge is 2.52. The molecule has 2 aliphatic rings. The molecule has 5 N–H and O–H groups in total. The van der Waals surface area contributed by atoms with Crippen molar-refractivity contribution in [2.45, 2.75) is 82.2 Å². The number of benzene rings is 3. The molecule has 0 unspecified atom stereocenters. The lowest BCUT2D eigenvalue weighted by Crippen LogP contribution is -2.63. The van der Waals surface area contributed by atoms with Crippen LogP contribution in [0.1, 0.15) is 68.8 Å². The van der Waals surface area contributed by atoms with Gasteiger partial charge in [0.15, 0.2) is 11.5 Å². The van der Waals surface area contributed by atoms with E-state index in [1.54, 1.807) is 38.5 Å². The largest absolute Gasteiger partial charge is 0.493 e. The molecule has 0 radical (unpaired) electrons. The lowest BCUT2D eigenvalue weighted by atomic mass is 9.63. The third-order valence-corrected chi connectivity index (χ3v) is 11.7. The molecule has 12 nitrogen and oxygen atoms in total. The Balaban J connectivity index is 0.000000269. The number of nitrogens with zero attached hydrogens (tertiary/aromatic N) is 1. The summed E-state index contributed by atoms with van der Waals surface area (Å²) in [6, 6.07) is 16.3. The zero-order valence-corrected chi connectivity index (χ0v) is 32.9. The molecule has 2 heterocycles. The Bertz CT molecular complexity index is 1810. The van der Waals surface area contributed by atoms with Gasteiger partial charge in [-0.25, -0.2) is 0 Å². The van der Waals surface area contributed by atoms with Crippen molar-refractivity contribution < 1.29 is 45.3 Å². The molecular formula is C38H54N2O10S2. The van der Waals surface area contributed by atoms with E-state index in [4.69, 9.17) is 24.3 Å². The lowest BCUT2D eigenvalue weighted by molar-refractivity contribution is -0.151. The summed E-state index contributed by atoms with van der Waals surface area (Å²) in [5.74, 6) is 1.13. The maximum Gasteiger partial charge on any atom is 0.324 e. The molecular weight excluding hydrogens is 709 g/mol. The van der Waals surface area contributed by atoms with E-state index >= 15 is 0 Å². The fourth-order valence-electron chi connectivity index (χ4n) is 7.12.